The summed E-state index contributed by atoms with van der Waals surface area (Å²) in [5, 5.41) is 5.99. The lowest BCUT2D eigenvalue weighted by molar-refractivity contribution is 0.0106. The lowest BCUT2D eigenvalue weighted by atomic mass is 9.87. The van der Waals surface area contributed by atoms with Crippen molar-refractivity contribution in [2.24, 2.45) is 0 Å². The van der Waals surface area contributed by atoms with Crippen molar-refractivity contribution in [1.29, 1.82) is 0 Å². The Morgan fingerprint density at radius 1 is 0.789 bits per heavy atom. The maximum absolute atomic E-state index is 13.2. The molecule has 38 heavy (non-hydrogen) atoms. The summed E-state index contributed by atoms with van der Waals surface area (Å²) in [4.78, 5) is 0. The lowest BCUT2D eigenvalue weighted by Gasteiger charge is -2.32. The van der Waals surface area contributed by atoms with Gasteiger partial charge in [0.15, 0.2) is 0 Å². The number of benzene rings is 4. The fraction of sp³-hybridized carbons (Fsp3) is 0.312. The normalized spacial score (nSPS) is 17.2. The van der Waals surface area contributed by atoms with Crippen molar-refractivity contribution in [2.75, 3.05) is 26.3 Å². The standard InChI is InChI=1S/C32H34FNO3.ClH/c33-29-8-3-5-24(20-29)22-35-17-4-18-36-30-13-11-27(12-14-30)31-15-16-34-21-32(31)37-23-25-9-10-26-6-1-2-7-28(26)19-25;/h1-3,5-14,19-20,31-32,34H,4,15-18,21-23H2;1H. The molecule has 1 fully saturated rings. The van der Waals surface area contributed by atoms with Crippen LogP contribution in [0.5, 0.6) is 5.75 Å². The minimum atomic E-state index is -0.236. The van der Waals surface area contributed by atoms with E-state index in [4.69, 9.17) is 14.2 Å². The van der Waals surface area contributed by atoms with Gasteiger partial charge in [0, 0.05) is 18.9 Å². The highest BCUT2D eigenvalue weighted by molar-refractivity contribution is 5.85. The summed E-state index contributed by atoms with van der Waals surface area (Å²) >= 11 is 0. The van der Waals surface area contributed by atoms with E-state index in [1.54, 1.807) is 6.07 Å². The molecule has 2 unspecified atom stereocenters. The van der Waals surface area contributed by atoms with Crippen molar-refractivity contribution >= 4 is 23.2 Å². The molecule has 4 nitrogen and oxygen atoms in total. The molecule has 0 amide bonds. The van der Waals surface area contributed by atoms with E-state index >= 15 is 0 Å². The van der Waals surface area contributed by atoms with Crippen LogP contribution in [0.15, 0.2) is 91.0 Å². The minimum Gasteiger partial charge on any atom is -0.494 e. The van der Waals surface area contributed by atoms with E-state index < -0.39 is 0 Å². The van der Waals surface area contributed by atoms with Gasteiger partial charge in [-0.25, -0.2) is 4.39 Å². The Kier molecular flexibility index (Phi) is 10.5. The second-order valence-electron chi connectivity index (χ2n) is 9.58. The van der Waals surface area contributed by atoms with Crippen LogP contribution in [0.3, 0.4) is 0 Å². The van der Waals surface area contributed by atoms with Crippen LogP contribution >= 0.6 is 12.4 Å². The SMILES string of the molecule is Cl.Fc1cccc(COCCCOc2ccc(C3CCNCC3OCc3ccc4ccccc4c3)cc2)c1. The van der Waals surface area contributed by atoms with Gasteiger partial charge in [0.2, 0.25) is 0 Å². The Morgan fingerprint density at radius 2 is 1.61 bits per heavy atom. The van der Waals surface area contributed by atoms with Crippen LogP contribution in [0.25, 0.3) is 10.8 Å². The summed E-state index contributed by atoms with van der Waals surface area (Å²) in [6.07, 6.45) is 1.95. The van der Waals surface area contributed by atoms with Gasteiger partial charge in [0.1, 0.15) is 11.6 Å². The zero-order valence-electron chi connectivity index (χ0n) is 21.5. The predicted octanol–water partition coefficient (Wildman–Crippen LogP) is 7.05. The van der Waals surface area contributed by atoms with Crippen molar-refractivity contribution < 1.29 is 18.6 Å². The fourth-order valence-electron chi connectivity index (χ4n) is 4.90. The van der Waals surface area contributed by atoms with Crippen LogP contribution in [-0.2, 0) is 22.7 Å². The van der Waals surface area contributed by atoms with Crippen molar-refractivity contribution in [1.82, 2.24) is 5.32 Å². The smallest absolute Gasteiger partial charge is 0.123 e. The number of rotatable bonds is 11. The predicted molar refractivity (Wildman–Crippen MR) is 153 cm³/mol. The molecule has 5 rings (SSSR count). The van der Waals surface area contributed by atoms with Crippen LogP contribution < -0.4 is 10.1 Å². The molecule has 1 saturated heterocycles. The first kappa shape index (κ1) is 28.1. The van der Waals surface area contributed by atoms with Crippen molar-refractivity contribution in [2.45, 2.75) is 38.1 Å². The first-order valence-corrected chi connectivity index (χ1v) is 13.1. The summed E-state index contributed by atoms with van der Waals surface area (Å²) in [6.45, 7) is 4.01. The number of hydrogen-bond donors (Lipinski definition) is 1. The van der Waals surface area contributed by atoms with E-state index in [2.05, 4.69) is 59.9 Å². The van der Waals surface area contributed by atoms with Crippen LogP contribution in [0.1, 0.15) is 35.4 Å². The maximum Gasteiger partial charge on any atom is 0.123 e. The quantitative estimate of drug-likeness (QED) is 0.209. The zero-order valence-corrected chi connectivity index (χ0v) is 22.3. The van der Waals surface area contributed by atoms with Crippen molar-refractivity contribution in [3.63, 3.8) is 0 Å². The monoisotopic (exact) mass is 535 g/mol. The molecular formula is C32H35ClFNO3. The number of halogens is 2. The highest BCUT2D eigenvalue weighted by atomic mass is 35.5. The second kappa shape index (κ2) is 14.3. The van der Waals surface area contributed by atoms with Gasteiger partial charge >= 0.3 is 0 Å². The average Bonchev–Trinajstić information content (AvgIpc) is 2.94. The Balaban J connectivity index is 0.00000336. The number of hydrogen-bond acceptors (Lipinski definition) is 4. The molecule has 0 spiro atoms. The summed E-state index contributed by atoms with van der Waals surface area (Å²) in [7, 11) is 0. The minimum absolute atomic E-state index is 0. The molecule has 0 aliphatic carbocycles. The number of nitrogens with one attached hydrogen (secondary N) is 1. The Morgan fingerprint density at radius 3 is 2.45 bits per heavy atom. The summed E-state index contributed by atoms with van der Waals surface area (Å²) in [5.41, 5.74) is 3.33. The molecular weight excluding hydrogens is 501 g/mol. The zero-order chi connectivity index (χ0) is 25.3. The van der Waals surface area contributed by atoms with Crippen molar-refractivity contribution in [3.05, 3.63) is 114 Å². The van der Waals surface area contributed by atoms with Crippen LogP contribution in [0.2, 0.25) is 0 Å². The van der Waals surface area contributed by atoms with E-state index in [1.165, 1.54) is 34.0 Å². The summed E-state index contributed by atoms with van der Waals surface area (Å²) in [5.74, 6) is 0.976. The van der Waals surface area contributed by atoms with Crippen molar-refractivity contribution in [3.8, 4) is 5.75 Å². The van der Waals surface area contributed by atoms with Gasteiger partial charge in [-0.3, -0.25) is 0 Å². The molecule has 2 atom stereocenters. The van der Waals surface area contributed by atoms with E-state index in [0.717, 1.165) is 37.2 Å². The Hall–Kier alpha value is -2.96. The largest absolute Gasteiger partial charge is 0.494 e. The molecule has 1 aliphatic rings. The summed E-state index contributed by atoms with van der Waals surface area (Å²) < 4.78 is 31.2. The fourth-order valence-corrected chi connectivity index (χ4v) is 4.90. The van der Waals surface area contributed by atoms with Gasteiger partial charge in [-0.1, -0.05) is 60.7 Å². The molecule has 0 bridgehead atoms. The third-order valence-electron chi connectivity index (χ3n) is 6.87. The number of fused-ring (bicyclic) bond motifs is 1. The van der Waals surface area contributed by atoms with Gasteiger partial charge in [0.05, 0.1) is 32.5 Å². The molecule has 0 aromatic heterocycles. The van der Waals surface area contributed by atoms with Crippen LogP contribution in [-0.4, -0.2) is 32.4 Å². The first-order chi connectivity index (χ1) is 18.2. The molecule has 200 valence electrons. The molecule has 4 aromatic rings. The molecule has 4 aromatic carbocycles. The highest BCUT2D eigenvalue weighted by Crippen LogP contribution is 2.30. The van der Waals surface area contributed by atoms with E-state index in [1.807, 2.05) is 18.2 Å². The van der Waals surface area contributed by atoms with E-state index in [9.17, 15) is 4.39 Å². The average molecular weight is 536 g/mol. The molecule has 0 saturated carbocycles. The van der Waals surface area contributed by atoms with Gasteiger partial charge in [-0.15, -0.1) is 12.4 Å². The summed E-state index contributed by atoms with van der Waals surface area (Å²) in [6, 6.07) is 29.9. The van der Waals surface area contributed by atoms with E-state index in [0.29, 0.717) is 32.3 Å². The number of ether oxygens (including phenoxy) is 3. The van der Waals surface area contributed by atoms with Gasteiger partial charge < -0.3 is 19.5 Å². The molecule has 1 N–H and O–H groups in total. The maximum atomic E-state index is 13.2. The third kappa shape index (κ3) is 7.78. The molecule has 1 heterocycles. The second-order valence-corrected chi connectivity index (χ2v) is 9.58. The number of piperidine rings is 1. The molecule has 6 heteroatoms. The van der Waals surface area contributed by atoms with Crippen LogP contribution in [0, 0.1) is 5.82 Å². The Labute approximate surface area is 230 Å². The molecule has 1 aliphatic heterocycles. The van der Waals surface area contributed by atoms with Gasteiger partial charge in [0.25, 0.3) is 0 Å². The topological polar surface area (TPSA) is 39.7 Å². The van der Waals surface area contributed by atoms with Crippen LogP contribution in [0.4, 0.5) is 4.39 Å². The van der Waals surface area contributed by atoms with E-state index in [-0.39, 0.29) is 24.3 Å². The van der Waals surface area contributed by atoms with Gasteiger partial charge in [-0.2, -0.15) is 0 Å². The van der Waals surface area contributed by atoms with Gasteiger partial charge in [-0.05, 0) is 70.8 Å². The lowest BCUT2D eigenvalue weighted by Crippen LogP contribution is -2.40. The highest BCUT2D eigenvalue weighted by Gasteiger charge is 2.27. The molecule has 0 radical (unpaired) electrons. The first-order valence-electron chi connectivity index (χ1n) is 13.1. The third-order valence-corrected chi connectivity index (χ3v) is 6.87. The Bertz CT molecular complexity index is 1280.